The summed E-state index contributed by atoms with van der Waals surface area (Å²) in [7, 11) is -3.78. The van der Waals surface area contributed by atoms with E-state index in [1.165, 1.54) is 12.1 Å². The molecule has 3 N–H and O–H groups in total. The highest BCUT2D eigenvalue weighted by atomic mass is 32.2. The molecule has 1 heterocycles. The Morgan fingerprint density at radius 1 is 1.18 bits per heavy atom. The molecule has 0 aromatic heterocycles. The molecule has 17 heavy (non-hydrogen) atoms. The lowest BCUT2D eigenvalue weighted by atomic mass is 10.2. The Bertz CT molecular complexity index is 538. The van der Waals surface area contributed by atoms with Crippen molar-refractivity contribution >= 4 is 15.9 Å². The average molecular weight is 256 g/mol. The second kappa shape index (κ2) is 4.01. The van der Waals surface area contributed by atoms with Gasteiger partial charge in [-0.3, -0.25) is 0 Å². The molecule has 2 atom stereocenters. The van der Waals surface area contributed by atoms with Crippen LogP contribution in [0.15, 0.2) is 29.2 Å². The van der Waals surface area contributed by atoms with Gasteiger partial charge in [-0.15, -0.1) is 0 Å². The van der Waals surface area contributed by atoms with Crippen LogP contribution >= 0.6 is 0 Å². The SMILES string of the molecule is Cc1ccc(S(=O)(=O)[C@@H]2NC(=O)N[C@H]2O)cc1. The Kier molecular flexibility index (Phi) is 2.80. The second-order valence-electron chi connectivity index (χ2n) is 3.84. The lowest BCUT2D eigenvalue weighted by molar-refractivity contribution is 0.161. The van der Waals surface area contributed by atoms with Crippen LogP contribution in [0.3, 0.4) is 0 Å². The third-order valence-electron chi connectivity index (χ3n) is 2.52. The molecule has 0 radical (unpaired) electrons. The molecule has 0 aliphatic carbocycles. The van der Waals surface area contributed by atoms with Crippen LogP contribution in [0.1, 0.15) is 5.56 Å². The predicted octanol–water partition coefficient (Wildman–Crippen LogP) is -0.274. The maximum Gasteiger partial charge on any atom is 0.318 e. The lowest BCUT2D eigenvalue weighted by Gasteiger charge is -2.14. The number of aliphatic hydroxyl groups excluding tert-OH is 1. The third kappa shape index (κ3) is 2.11. The molecule has 2 rings (SSSR count). The van der Waals surface area contributed by atoms with Crippen molar-refractivity contribution in [3.8, 4) is 0 Å². The van der Waals surface area contributed by atoms with Crippen LogP contribution in [0.5, 0.6) is 0 Å². The summed E-state index contributed by atoms with van der Waals surface area (Å²) in [5.41, 5.74) is 0.929. The maximum atomic E-state index is 12.1. The minimum Gasteiger partial charge on any atom is -0.370 e. The molecule has 1 aliphatic heterocycles. The molecule has 0 spiro atoms. The van der Waals surface area contributed by atoms with Crippen molar-refractivity contribution in [2.75, 3.05) is 0 Å². The smallest absolute Gasteiger partial charge is 0.318 e. The highest BCUT2D eigenvalue weighted by molar-refractivity contribution is 7.92. The summed E-state index contributed by atoms with van der Waals surface area (Å²) >= 11 is 0. The van der Waals surface area contributed by atoms with Crippen molar-refractivity contribution in [2.24, 2.45) is 0 Å². The van der Waals surface area contributed by atoms with Crippen LogP contribution in [0.25, 0.3) is 0 Å². The number of aliphatic hydroxyl groups is 1. The highest BCUT2D eigenvalue weighted by Crippen LogP contribution is 2.18. The van der Waals surface area contributed by atoms with Crippen molar-refractivity contribution in [3.05, 3.63) is 29.8 Å². The van der Waals surface area contributed by atoms with E-state index < -0.39 is 27.5 Å². The van der Waals surface area contributed by atoms with Crippen LogP contribution in [0, 0.1) is 6.92 Å². The summed E-state index contributed by atoms with van der Waals surface area (Å²) in [5.74, 6) is 0. The van der Waals surface area contributed by atoms with Crippen molar-refractivity contribution in [1.82, 2.24) is 10.6 Å². The van der Waals surface area contributed by atoms with Gasteiger partial charge in [0.1, 0.15) is 0 Å². The number of hydrogen-bond donors (Lipinski definition) is 3. The lowest BCUT2D eigenvalue weighted by Crippen LogP contribution is -2.40. The fraction of sp³-hybridized carbons (Fsp3) is 0.300. The van der Waals surface area contributed by atoms with Gasteiger partial charge in [-0.1, -0.05) is 17.7 Å². The monoisotopic (exact) mass is 256 g/mol. The van der Waals surface area contributed by atoms with E-state index in [4.69, 9.17) is 0 Å². The Hall–Kier alpha value is -1.60. The van der Waals surface area contributed by atoms with Gasteiger partial charge in [0.25, 0.3) is 0 Å². The number of benzene rings is 1. The Balaban J connectivity index is 2.37. The van der Waals surface area contributed by atoms with Crippen LogP contribution in [-0.4, -0.2) is 31.2 Å². The Labute approximate surface area is 98.6 Å². The first-order valence-electron chi connectivity index (χ1n) is 4.97. The molecule has 0 unspecified atom stereocenters. The number of sulfone groups is 1. The van der Waals surface area contributed by atoms with Crippen LogP contribution in [0.2, 0.25) is 0 Å². The van der Waals surface area contributed by atoms with Crippen molar-refractivity contribution < 1.29 is 18.3 Å². The third-order valence-corrected chi connectivity index (χ3v) is 4.50. The van der Waals surface area contributed by atoms with Gasteiger partial charge in [0.05, 0.1) is 4.90 Å². The minimum atomic E-state index is -3.78. The second-order valence-corrected chi connectivity index (χ2v) is 5.91. The highest BCUT2D eigenvalue weighted by Gasteiger charge is 2.40. The van der Waals surface area contributed by atoms with Gasteiger partial charge in [0.2, 0.25) is 9.84 Å². The zero-order valence-electron chi connectivity index (χ0n) is 9.04. The zero-order valence-corrected chi connectivity index (χ0v) is 9.86. The van der Waals surface area contributed by atoms with Gasteiger partial charge in [-0.2, -0.15) is 0 Å². The minimum absolute atomic E-state index is 0.0659. The van der Waals surface area contributed by atoms with E-state index in [1.807, 2.05) is 6.92 Å². The molecule has 0 bridgehead atoms. The number of aryl methyl sites for hydroxylation is 1. The van der Waals surface area contributed by atoms with Crippen molar-refractivity contribution in [3.63, 3.8) is 0 Å². The molecular formula is C10H12N2O4S. The summed E-state index contributed by atoms with van der Waals surface area (Å²) in [5, 5.41) is 12.3. The maximum absolute atomic E-state index is 12.1. The number of amides is 2. The van der Waals surface area contributed by atoms with Crippen molar-refractivity contribution in [2.45, 2.75) is 23.4 Å². The number of nitrogens with one attached hydrogen (secondary N) is 2. The fourth-order valence-electron chi connectivity index (χ4n) is 1.58. The molecule has 1 aromatic rings. The number of urea groups is 1. The molecule has 1 aliphatic rings. The van der Waals surface area contributed by atoms with Crippen molar-refractivity contribution in [1.29, 1.82) is 0 Å². The standard InChI is InChI=1S/C10H12N2O4S/c1-6-2-4-7(5-3-6)17(15,16)9-8(13)11-10(14)12-9/h2-5,8-9,13H,1H3,(H2,11,12,14)/t8-,9-/m0/s1. The molecule has 0 saturated carbocycles. The molecular weight excluding hydrogens is 244 g/mol. The Morgan fingerprint density at radius 3 is 2.24 bits per heavy atom. The van der Waals surface area contributed by atoms with Crippen LogP contribution < -0.4 is 10.6 Å². The largest absolute Gasteiger partial charge is 0.370 e. The molecule has 92 valence electrons. The van der Waals surface area contributed by atoms with Crippen LogP contribution in [-0.2, 0) is 9.84 Å². The van der Waals surface area contributed by atoms with E-state index >= 15 is 0 Å². The van der Waals surface area contributed by atoms with Gasteiger partial charge < -0.3 is 15.7 Å². The molecule has 2 amide bonds. The quantitative estimate of drug-likeness (QED) is 0.678. The molecule has 6 nitrogen and oxygen atoms in total. The van der Waals surface area contributed by atoms with E-state index in [9.17, 15) is 18.3 Å². The van der Waals surface area contributed by atoms with Gasteiger partial charge in [-0.05, 0) is 19.1 Å². The topological polar surface area (TPSA) is 95.5 Å². The molecule has 7 heteroatoms. The number of carbonyl (C=O) groups is 1. The summed E-state index contributed by atoms with van der Waals surface area (Å²) in [6.45, 7) is 1.84. The first kappa shape index (κ1) is 11.9. The van der Waals surface area contributed by atoms with Gasteiger partial charge in [0, 0.05) is 0 Å². The van der Waals surface area contributed by atoms with E-state index in [0.717, 1.165) is 5.56 Å². The molecule has 1 saturated heterocycles. The molecule has 1 aromatic carbocycles. The normalized spacial score (nSPS) is 24.2. The number of hydrogen-bond acceptors (Lipinski definition) is 4. The summed E-state index contributed by atoms with van der Waals surface area (Å²) < 4.78 is 24.2. The average Bonchev–Trinajstić information content (AvgIpc) is 2.59. The van der Waals surface area contributed by atoms with E-state index in [1.54, 1.807) is 12.1 Å². The van der Waals surface area contributed by atoms with E-state index in [2.05, 4.69) is 10.6 Å². The summed E-state index contributed by atoms with van der Waals surface area (Å²) in [6.07, 6.45) is -1.44. The van der Waals surface area contributed by atoms with E-state index in [0.29, 0.717) is 0 Å². The van der Waals surface area contributed by atoms with E-state index in [-0.39, 0.29) is 4.90 Å². The Morgan fingerprint density at radius 2 is 1.76 bits per heavy atom. The fourth-order valence-corrected chi connectivity index (χ4v) is 3.06. The zero-order chi connectivity index (χ0) is 12.6. The summed E-state index contributed by atoms with van der Waals surface area (Å²) in [6, 6.07) is 5.51. The number of rotatable bonds is 2. The first-order valence-corrected chi connectivity index (χ1v) is 6.51. The van der Waals surface area contributed by atoms with Gasteiger partial charge in [0.15, 0.2) is 11.6 Å². The number of carbonyl (C=O) groups excluding carboxylic acids is 1. The van der Waals surface area contributed by atoms with Crippen LogP contribution in [0.4, 0.5) is 4.79 Å². The molecule has 1 fully saturated rings. The van der Waals surface area contributed by atoms with Gasteiger partial charge >= 0.3 is 6.03 Å². The predicted molar refractivity (Wildman–Crippen MR) is 59.8 cm³/mol. The van der Waals surface area contributed by atoms with Gasteiger partial charge in [-0.25, -0.2) is 13.2 Å². The summed E-state index contributed by atoms with van der Waals surface area (Å²) in [4.78, 5) is 11.0. The first-order chi connectivity index (χ1) is 7.91.